The van der Waals surface area contributed by atoms with Crippen LogP contribution in [0.2, 0.25) is 0 Å². The largest absolute Gasteiger partial charge is 0.453 e. The van der Waals surface area contributed by atoms with E-state index in [2.05, 4.69) is 30.5 Å². The Morgan fingerprint density at radius 3 is 2.62 bits per heavy atom. The van der Waals surface area contributed by atoms with Crippen LogP contribution in [0, 0.1) is 13.8 Å². The van der Waals surface area contributed by atoms with Crippen molar-refractivity contribution in [3.05, 3.63) is 40.8 Å². The molecular formula is C18H20F3N7O. The van der Waals surface area contributed by atoms with Gasteiger partial charge in [-0.2, -0.15) is 17.7 Å². The first-order valence-electron chi connectivity index (χ1n) is 9.16. The number of aromatic nitrogens is 5. The van der Waals surface area contributed by atoms with E-state index in [-0.39, 0.29) is 5.65 Å². The number of rotatable bonds is 4. The molecule has 0 unspecified atom stereocenters. The summed E-state index contributed by atoms with van der Waals surface area (Å²) in [6, 6.07) is 3.77. The Balaban J connectivity index is 1.65. The fraction of sp³-hybridized carbons (Fsp3) is 0.444. The van der Waals surface area contributed by atoms with Gasteiger partial charge in [0.25, 0.3) is 5.82 Å². The smallest absolute Gasteiger partial charge is 0.378 e. The summed E-state index contributed by atoms with van der Waals surface area (Å²) >= 11 is 0. The molecular weight excluding hydrogens is 387 g/mol. The second-order valence-corrected chi connectivity index (χ2v) is 6.79. The highest BCUT2D eigenvalue weighted by Crippen LogP contribution is 2.30. The monoisotopic (exact) mass is 407 g/mol. The normalized spacial score (nSPS) is 15.1. The molecule has 3 aromatic heterocycles. The number of hydrogen-bond acceptors (Lipinski definition) is 7. The molecule has 0 bridgehead atoms. The van der Waals surface area contributed by atoms with Crippen molar-refractivity contribution in [1.82, 2.24) is 24.8 Å². The molecule has 0 radical (unpaired) electrons. The number of nitrogens with zero attached hydrogens (tertiary/aromatic N) is 6. The van der Waals surface area contributed by atoms with Crippen LogP contribution in [-0.4, -0.2) is 51.1 Å². The maximum absolute atomic E-state index is 13.2. The number of fused-ring (bicyclic) bond motifs is 1. The van der Waals surface area contributed by atoms with Crippen molar-refractivity contribution in [2.75, 3.05) is 36.5 Å². The number of aryl methyl sites for hydroxylation is 1. The van der Waals surface area contributed by atoms with E-state index in [0.29, 0.717) is 31.1 Å². The van der Waals surface area contributed by atoms with E-state index in [1.54, 1.807) is 20.0 Å². The lowest BCUT2D eigenvalue weighted by atomic mass is 10.1. The van der Waals surface area contributed by atoms with Crippen LogP contribution in [-0.2, 0) is 17.5 Å². The van der Waals surface area contributed by atoms with Crippen LogP contribution in [0.4, 0.5) is 24.8 Å². The molecule has 29 heavy (non-hydrogen) atoms. The third-order valence-electron chi connectivity index (χ3n) is 4.97. The van der Waals surface area contributed by atoms with Gasteiger partial charge in [0.15, 0.2) is 11.5 Å². The van der Waals surface area contributed by atoms with Gasteiger partial charge < -0.3 is 15.0 Å². The summed E-state index contributed by atoms with van der Waals surface area (Å²) in [4.78, 5) is 6.61. The molecule has 1 saturated heterocycles. The lowest BCUT2D eigenvalue weighted by Gasteiger charge is -2.29. The Morgan fingerprint density at radius 1 is 1.14 bits per heavy atom. The van der Waals surface area contributed by atoms with E-state index in [1.807, 2.05) is 12.1 Å². The first-order valence-corrected chi connectivity index (χ1v) is 9.16. The van der Waals surface area contributed by atoms with Crippen LogP contribution >= 0.6 is 0 Å². The standard InChI is InChI=1S/C18H20F3N7O/c1-11-12(2)15-24-25-17(18(19,20)21)28(15)26-14(11)23-10-13-4-3-5-22-16(13)27-6-8-29-9-7-27/h3-5H,6-10H2,1-2H3,(H,23,26). The highest BCUT2D eigenvalue weighted by atomic mass is 19.4. The summed E-state index contributed by atoms with van der Waals surface area (Å²) in [5, 5.41) is 14.2. The average molecular weight is 407 g/mol. The van der Waals surface area contributed by atoms with Crippen molar-refractivity contribution in [2.24, 2.45) is 0 Å². The molecule has 0 amide bonds. The summed E-state index contributed by atoms with van der Waals surface area (Å²) < 4.78 is 45.8. The van der Waals surface area contributed by atoms with E-state index in [1.165, 1.54) is 0 Å². The van der Waals surface area contributed by atoms with E-state index in [9.17, 15) is 13.2 Å². The van der Waals surface area contributed by atoms with Gasteiger partial charge in [0.05, 0.1) is 13.2 Å². The van der Waals surface area contributed by atoms with Gasteiger partial charge in [0, 0.05) is 37.0 Å². The minimum atomic E-state index is -4.64. The predicted octanol–water partition coefficient (Wildman–Crippen LogP) is 2.60. The Kier molecular flexibility index (Phi) is 4.99. The van der Waals surface area contributed by atoms with Crippen molar-refractivity contribution >= 4 is 17.3 Å². The molecule has 8 nitrogen and oxygen atoms in total. The van der Waals surface area contributed by atoms with Gasteiger partial charge in [-0.15, -0.1) is 15.3 Å². The number of pyridine rings is 1. The van der Waals surface area contributed by atoms with Gasteiger partial charge >= 0.3 is 6.18 Å². The van der Waals surface area contributed by atoms with E-state index < -0.39 is 12.0 Å². The maximum Gasteiger partial charge on any atom is 0.453 e. The number of nitrogens with one attached hydrogen (secondary N) is 1. The maximum atomic E-state index is 13.2. The number of halogens is 3. The van der Waals surface area contributed by atoms with Crippen molar-refractivity contribution in [3.8, 4) is 0 Å². The SMILES string of the molecule is Cc1c(NCc2cccnc2N2CCOCC2)nn2c(C(F)(F)F)nnc2c1C. The molecule has 1 N–H and O–H groups in total. The number of morpholine rings is 1. The molecule has 0 aliphatic carbocycles. The van der Waals surface area contributed by atoms with Crippen molar-refractivity contribution in [1.29, 1.82) is 0 Å². The van der Waals surface area contributed by atoms with Crippen LogP contribution < -0.4 is 10.2 Å². The predicted molar refractivity (Wildman–Crippen MR) is 99.9 cm³/mol. The van der Waals surface area contributed by atoms with Crippen LogP contribution in [0.3, 0.4) is 0 Å². The second kappa shape index (κ2) is 7.47. The Hall–Kier alpha value is -2.95. The molecule has 1 aliphatic rings. The van der Waals surface area contributed by atoms with Gasteiger partial charge in [-0.25, -0.2) is 4.98 Å². The molecule has 154 valence electrons. The molecule has 4 rings (SSSR count). The highest BCUT2D eigenvalue weighted by Gasteiger charge is 2.38. The first kappa shape index (κ1) is 19.4. The summed E-state index contributed by atoms with van der Waals surface area (Å²) in [5.74, 6) is 0.0325. The number of hydrogen-bond donors (Lipinski definition) is 1. The van der Waals surface area contributed by atoms with Crippen LogP contribution in [0.5, 0.6) is 0 Å². The van der Waals surface area contributed by atoms with Gasteiger partial charge in [-0.05, 0) is 25.5 Å². The first-order chi connectivity index (χ1) is 13.9. The molecule has 1 fully saturated rings. The molecule has 0 spiro atoms. The molecule has 3 aromatic rings. The molecule has 1 aliphatic heterocycles. The zero-order valence-electron chi connectivity index (χ0n) is 16.0. The molecule has 0 saturated carbocycles. The van der Waals surface area contributed by atoms with Crippen LogP contribution in [0.1, 0.15) is 22.5 Å². The molecule has 11 heteroatoms. The van der Waals surface area contributed by atoms with Crippen molar-refractivity contribution in [2.45, 2.75) is 26.6 Å². The summed E-state index contributed by atoms with van der Waals surface area (Å²) in [7, 11) is 0. The second-order valence-electron chi connectivity index (χ2n) is 6.79. The zero-order chi connectivity index (χ0) is 20.6. The van der Waals surface area contributed by atoms with Gasteiger partial charge in [0.1, 0.15) is 5.82 Å². The van der Waals surface area contributed by atoms with Crippen molar-refractivity contribution < 1.29 is 17.9 Å². The summed E-state index contributed by atoms with van der Waals surface area (Å²) in [6.45, 7) is 6.60. The fourth-order valence-electron chi connectivity index (χ4n) is 3.28. The molecule has 4 heterocycles. The third-order valence-corrected chi connectivity index (χ3v) is 4.97. The lowest BCUT2D eigenvalue weighted by Crippen LogP contribution is -2.37. The highest BCUT2D eigenvalue weighted by molar-refractivity contribution is 5.59. The number of anilines is 2. The number of ether oxygens (including phenoxy) is 1. The Bertz CT molecular complexity index is 1030. The minimum absolute atomic E-state index is 0.0933. The van der Waals surface area contributed by atoms with Crippen LogP contribution in [0.15, 0.2) is 18.3 Å². The van der Waals surface area contributed by atoms with Crippen LogP contribution in [0.25, 0.3) is 5.65 Å². The van der Waals surface area contributed by atoms with Crippen molar-refractivity contribution in [3.63, 3.8) is 0 Å². The third kappa shape index (κ3) is 3.69. The van der Waals surface area contributed by atoms with E-state index >= 15 is 0 Å². The molecule has 0 atom stereocenters. The lowest BCUT2D eigenvalue weighted by molar-refractivity contribution is -0.146. The number of alkyl halides is 3. The quantitative estimate of drug-likeness (QED) is 0.712. The summed E-state index contributed by atoms with van der Waals surface area (Å²) in [5.41, 5.74) is 2.32. The van der Waals surface area contributed by atoms with Gasteiger partial charge in [-0.3, -0.25) is 0 Å². The topological polar surface area (TPSA) is 80.5 Å². The molecule has 0 aromatic carbocycles. The Morgan fingerprint density at radius 2 is 1.90 bits per heavy atom. The fourth-order valence-corrected chi connectivity index (χ4v) is 3.28. The zero-order valence-corrected chi connectivity index (χ0v) is 16.0. The average Bonchev–Trinajstić information content (AvgIpc) is 3.15. The summed E-state index contributed by atoms with van der Waals surface area (Å²) in [6.07, 6.45) is -2.92. The van der Waals surface area contributed by atoms with E-state index in [0.717, 1.165) is 34.5 Å². The minimum Gasteiger partial charge on any atom is -0.378 e. The van der Waals surface area contributed by atoms with Gasteiger partial charge in [0.2, 0.25) is 0 Å². The van der Waals surface area contributed by atoms with E-state index in [4.69, 9.17) is 4.74 Å². The Labute approximate surface area is 164 Å². The van der Waals surface area contributed by atoms with Gasteiger partial charge in [-0.1, -0.05) is 6.07 Å².